The van der Waals surface area contributed by atoms with Crippen LogP contribution in [-0.4, -0.2) is 28.6 Å². The Labute approximate surface area is 118 Å². The van der Waals surface area contributed by atoms with E-state index in [-0.39, 0.29) is 6.04 Å². The van der Waals surface area contributed by atoms with Gasteiger partial charge in [0.25, 0.3) is 0 Å². The summed E-state index contributed by atoms with van der Waals surface area (Å²) >= 11 is 0. The molecule has 1 atom stereocenters. The number of benzene rings is 1. The normalized spacial score (nSPS) is 14.9. The van der Waals surface area contributed by atoms with Gasteiger partial charge in [0.1, 0.15) is 5.75 Å². The van der Waals surface area contributed by atoms with Gasteiger partial charge < -0.3 is 10.1 Å². The van der Waals surface area contributed by atoms with Crippen molar-refractivity contribution in [3.8, 4) is 5.75 Å². The molecule has 20 heavy (non-hydrogen) atoms. The number of hydrogen-bond acceptors (Lipinski definition) is 4. The Bertz CT molecular complexity index is 593. The number of aromatic nitrogens is 3. The van der Waals surface area contributed by atoms with Crippen LogP contribution in [0.2, 0.25) is 0 Å². The minimum absolute atomic E-state index is 0.113. The van der Waals surface area contributed by atoms with E-state index in [2.05, 4.69) is 40.8 Å². The molecular formula is C15H20N4O. The second-order valence-electron chi connectivity index (χ2n) is 5.07. The molecule has 0 amide bonds. The average molecular weight is 272 g/mol. The van der Waals surface area contributed by atoms with Crippen LogP contribution in [0.4, 0.5) is 0 Å². The van der Waals surface area contributed by atoms with Crippen LogP contribution in [0.1, 0.15) is 36.2 Å². The van der Waals surface area contributed by atoms with Crippen LogP contribution in [0.3, 0.4) is 0 Å². The number of rotatable bonds is 5. The van der Waals surface area contributed by atoms with Crippen LogP contribution in [0.25, 0.3) is 0 Å². The first-order valence-corrected chi connectivity index (χ1v) is 7.14. The van der Waals surface area contributed by atoms with Crippen LogP contribution in [-0.2, 0) is 13.0 Å². The highest BCUT2D eigenvalue weighted by molar-refractivity contribution is 5.42. The summed E-state index contributed by atoms with van der Waals surface area (Å²) in [7, 11) is 1.97. The Balaban J connectivity index is 1.95. The first-order valence-electron chi connectivity index (χ1n) is 7.14. The molecule has 5 heteroatoms. The van der Waals surface area contributed by atoms with Crippen molar-refractivity contribution in [1.29, 1.82) is 0 Å². The maximum atomic E-state index is 5.57. The number of aryl methyl sites for hydroxylation is 1. The molecule has 1 aromatic heterocycles. The summed E-state index contributed by atoms with van der Waals surface area (Å²) < 4.78 is 7.55. The average Bonchev–Trinajstić information content (AvgIpc) is 3.09. The van der Waals surface area contributed by atoms with Gasteiger partial charge in [0.2, 0.25) is 0 Å². The topological polar surface area (TPSA) is 52.0 Å². The van der Waals surface area contributed by atoms with Crippen molar-refractivity contribution in [1.82, 2.24) is 20.3 Å². The van der Waals surface area contributed by atoms with E-state index in [0.717, 1.165) is 37.4 Å². The highest BCUT2D eigenvalue weighted by Gasteiger charge is 2.20. The SMILES string of the molecule is CCCn1nncc1C(NC)c1ccc2c(c1)CCO2. The molecule has 1 unspecified atom stereocenters. The van der Waals surface area contributed by atoms with Gasteiger partial charge in [-0.3, -0.25) is 0 Å². The monoisotopic (exact) mass is 272 g/mol. The van der Waals surface area contributed by atoms with Crippen LogP contribution in [0.5, 0.6) is 5.75 Å². The van der Waals surface area contributed by atoms with Gasteiger partial charge in [-0.15, -0.1) is 5.10 Å². The first kappa shape index (κ1) is 13.1. The molecule has 1 aliphatic rings. The third kappa shape index (κ3) is 2.29. The summed E-state index contributed by atoms with van der Waals surface area (Å²) in [5.41, 5.74) is 3.63. The van der Waals surface area contributed by atoms with E-state index in [4.69, 9.17) is 4.74 Å². The van der Waals surface area contributed by atoms with Crippen LogP contribution in [0, 0.1) is 0 Å². The molecule has 2 aromatic rings. The number of nitrogens with one attached hydrogen (secondary N) is 1. The Morgan fingerprint density at radius 3 is 3.15 bits per heavy atom. The van der Waals surface area contributed by atoms with Crippen molar-refractivity contribution in [2.24, 2.45) is 0 Å². The molecule has 0 saturated carbocycles. The molecular weight excluding hydrogens is 252 g/mol. The maximum absolute atomic E-state index is 5.57. The molecule has 1 aliphatic heterocycles. The van der Waals surface area contributed by atoms with Crippen molar-refractivity contribution in [3.05, 3.63) is 41.2 Å². The molecule has 5 nitrogen and oxygen atoms in total. The summed E-state index contributed by atoms with van der Waals surface area (Å²) in [5.74, 6) is 1.02. The lowest BCUT2D eigenvalue weighted by Gasteiger charge is -2.18. The van der Waals surface area contributed by atoms with Gasteiger partial charge in [0, 0.05) is 13.0 Å². The van der Waals surface area contributed by atoms with Crippen LogP contribution in [0.15, 0.2) is 24.4 Å². The Hall–Kier alpha value is -1.88. The van der Waals surface area contributed by atoms with Gasteiger partial charge in [-0.05, 0) is 30.7 Å². The summed E-state index contributed by atoms with van der Waals surface area (Å²) in [4.78, 5) is 0. The third-order valence-corrected chi connectivity index (χ3v) is 3.71. The van der Waals surface area contributed by atoms with Gasteiger partial charge >= 0.3 is 0 Å². The van der Waals surface area contributed by atoms with Crippen molar-refractivity contribution in [2.75, 3.05) is 13.7 Å². The molecule has 1 aromatic carbocycles. The van der Waals surface area contributed by atoms with E-state index < -0.39 is 0 Å². The van der Waals surface area contributed by atoms with Crippen LogP contribution < -0.4 is 10.1 Å². The number of ether oxygens (including phenoxy) is 1. The lowest BCUT2D eigenvalue weighted by Crippen LogP contribution is -2.21. The molecule has 0 saturated heterocycles. The van der Waals surface area contributed by atoms with Gasteiger partial charge in [-0.2, -0.15) is 0 Å². The molecule has 0 spiro atoms. The summed E-state index contributed by atoms with van der Waals surface area (Å²) in [5, 5.41) is 11.6. The smallest absolute Gasteiger partial charge is 0.122 e. The number of hydrogen-bond donors (Lipinski definition) is 1. The minimum Gasteiger partial charge on any atom is -0.493 e. The van der Waals surface area contributed by atoms with E-state index in [1.165, 1.54) is 11.1 Å². The molecule has 2 heterocycles. The second kappa shape index (κ2) is 5.63. The molecule has 0 radical (unpaired) electrons. The molecule has 0 bridgehead atoms. The van der Waals surface area contributed by atoms with Crippen molar-refractivity contribution < 1.29 is 4.74 Å². The van der Waals surface area contributed by atoms with Crippen molar-refractivity contribution in [3.63, 3.8) is 0 Å². The maximum Gasteiger partial charge on any atom is 0.122 e. The highest BCUT2D eigenvalue weighted by atomic mass is 16.5. The van der Waals surface area contributed by atoms with Gasteiger partial charge in [-0.25, -0.2) is 4.68 Å². The molecule has 3 rings (SSSR count). The zero-order valence-corrected chi connectivity index (χ0v) is 12.0. The van der Waals surface area contributed by atoms with Gasteiger partial charge in [0.15, 0.2) is 0 Å². The van der Waals surface area contributed by atoms with E-state index in [0.29, 0.717) is 0 Å². The zero-order chi connectivity index (χ0) is 13.9. The van der Waals surface area contributed by atoms with Gasteiger partial charge in [0.05, 0.1) is 24.5 Å². The second-order valence-corrected chi connectivity index (χ2v) is 5.07. The predicted molar refractivity (Wildman–Crippen MR) is 76.9 cm³/mol. The molecule has 1 N–H and O–H groups in total. The minimum atomic E-state index is 0.113. The summed E-state index contributed by atoms with van der Waals surface area (Å²) in [6.45, 7) is 3.83. The highest BCUT2D eigenvalue weighted by Crippen LogP contribution is 2.30. The zero-order valence-electron chi connectivity index (χ0n) is 12.0. The Morgan fingerprint density at radius 2 is 2.35 bits per heavy atom. The van der Waals surface area contributed by atoms with Crippen LogP contribution >= 0.6 is 0 Å². The third-order valence-electron chi connectivity index (χ3n) is 3.71. The number of fused-ring (bicyclic) bond motifs is 1. The van der Waals surface area contributed by atoms with Crippen molar-refractivity contribution >= 4 is 0 Å². The summed E-state index contributed by atoms with van der Waals surface area (Å²) in [6.07, 6.45) is 3.89. The fraction of sp³-hybridized carbons (Fsp3) is 0.467. The van der Waals surface area contributed by atoms with E-state index in [1.54, 1.807) is 0 Å². The van der Waals surface area contributed by atoms with Gasteiger partial charge in [-0.1, -0.05) is 24.3 Å². The molecule has 106 valence electrons. The van der Waals surface area contributed by atoms with E-state index >= 15 is 0 Å². The lowest BCUT2D eigenvalue weighted by molar-refractivity contribution is 0.357. The largest absolute Gasteiger partial charge is 0.493 e. The fourth-order valence-electron chi connectivity index (χ4n) is 2.75. The molecule has 0 fully saturated rings. The van der Waals surface area contributed by atoms with Crippen molar-refractivity contribution in [2.45, 2.75) is 32.4 Å². The van der Waals surface area contributed by atoms with E-state index in [1.807, 2.05) is 17.9 Å². The standard InChI is InChI=1S/C15H20N4O/c1-3-7-19-13(10-17-18-19)15(16-2)12-4-5-14-11(9-12)6-8-20-14/h4-5,9-10,15-16H,3,6-8H2,1-2H3. The summed E-state index contributed by atoms with van der Waals surface area (Å²) in [6, 6.07) is 6.53. The number of nitrogens with zero attached hydrogens (tertiary/aromatic N) is 3. The first-order chi connectivity index (χ1) is 9.83. The van der Waals surface area contributed by atoms with E-state index in [9.17, 15) is 0 Å². The Morgan fingerprint density at radius 1 is 1.45 bits per heavy atom. The Kier molecular flexibility index (Phi) is 3.69. The predicted octanol–water partition coefficient (Wildman–Crippen LogP) is 1.93. The fourth-order valence-corrected chi connectivity index (χ4v) is 2.75. The lowest BCUT2D eigenvalue weighted by atomic mass is 10.0. The molecule has 0 aliphatic carbocycles. The quantitative estimate of drug-likeness (QED) is 0.903.